The van der Waals surface area contributed by atoms with E-state index in [0.29, 0.717) is 5.75 Å². The first-order valence-corrected chi connectivity index (χ1v) is 6.67. The van der Waals surface area contributed by atoms with Crippen molar-refractivity contribution >= 4 is 28.3 Å². The lowest BCUT2D eigenvalue weighted by Gasteiger charge is -2.07. The summed E-state index contributed by atoms with van der Waals surface area (Å²) in [5.41, 5.74) is 0.131. The van der Waals surface area contributed by atoms with Crippen molar-refractivity contribution in [1.82, 2.24) is 0 Å². The first-order valence-electron chi connectivity index (χ1n) is 6.29. The van der Waals surface area contributed by atoms with Crippen LogP contribution in [0.1, 0.15) is 10.4 Å². The predicted molar refractivity (Wildman–Crippen MR) is 80.3 cm³/mol. The van der Waals surface area contributed by atoms with Gasteiger partial charge in [0.15, 0.2) is 0 Å². The molecule has 0 amide bonds. The second-order valence-electron chi connectivity index (χ2n) is 4.52. The number of hydrogen-bond acceptors (Lipinski definition) is 2. The number of ether oxygens (including phenoxy) is 1. The molecule has 0 bridgehead atoms. The normalized spacial score (nSPS) is 10.6. The lowest BCUT2D eigenvalue weighted by atomic mass is 10.1. The zero-order chi connectivity index (χ0) is 14.8. The molecule has 104 valence electrons. The van der Waals surface area contributed by atoms with Crippen molar-refractivity contribution in [3.63, 3.8) is 0 Å². The molecule has 3 aromatic rings. The van der Waals surface area contributed by atoms with E-state index in [0.717, 1.165) is 16.8 Å². The molecule has 0 unspecified atom stereocenters. The van der Waals surface area contributed by atoms with Gasteiger partial charge < -0.3 is 4.74 Å². The summed E-state index contributed by atoms with van der Waals surface area (Å²) in [6, 6.07) is 16.6. The van der Waals surface area contributed by atoms with Crippen LogP contribution in [0.4, 0.5) is 4.39 Å². The summed E-state index contributed by atoms with van der Waals surface area (Å²) >= 11 is 5.84. The Kier molecular flexibility index (Phi) is 3.59. The zero-order valence-corrected chi connectivity index (χ0v) is 11.6. The van der Waals surface area contributed by atoms with Crippen molar-refractivity contribution in [3.05, 3.63) is 77.1 Å². The predicted octanol–water partition coefficient (Wildman–Crippen LogP) is 4.85. The molecule has 0 N–H and O–H groups in total. The summed E-state index contributed by atoms with van der Waals surface area (Å²) in [5.74, 6) is -0.698. The molecule has 4 heteroatoms. The average molecular weight is 301 g/mol. The molecule has 21 heavy (non-hydrogen) atoms. The first-order chi connectivity index (χ1) is 10.1. The van der Waals surface area contributed by atoms with Crippen molar-refractivity contribution in [2.75, 3.05) is 0 Å². The molecule has 0 spiro atoms. The fraction of sp³-hybridized carbons (Fsp3) is 0. The highest BCUT2D eigenvalue weighted by molar-refractivity contribution is 6.33. The highest BCUT2D eigenvalue weighted by atomic mass is 35.5. The minimum absolute atomic E-state index is 0.0285. The van der Waals surface area contributed by atoms with E-state index in [1.165, 1.54) is 12.1 Å². The number of carbonyl (C=O) groups is 1. The Bertz CT molecular complexity index is 830. The monoisotopic (exact) mass is 300 g/mol. The van der Waals surface area contributed by atoms with Gasteiger partial charge in [0.25, 0.3) is 0 Å². The largest absolute Gasteiger partial charge is 0.423 e. The standard InChI is InChI=1S/C17H10ClFO2/c18-16-10-13(19)6-8-15(16)17(20)21-14-7-5-11-3-1-2-4-12(11)9-14/h1-10H. The number of rotatable bonds is 2. The van der Waals surface area contributed by atoms with Crippen LogP contribution >= 0.6 is 11.6 Å². The Hall–Kier alpha value is -2.39. The van der Waals surface area contributed by atoms with Gasteiger partial charge in [-0.15, -0.1) is 0 Å². The molecule has 0 aliphatic heterocycles. The second kappa shape index (κ2) is 5.54. The minimum Gasteiger partial charge on any atom is -0.423 e. The third kappa shape index (κ3) is 2.88. The lowest BCUT2D eigenvalue weighted by molar-refractivity contribution is 0.0735. The summed E-state index contributed by atoms with van der Waals surface area (Å²) in [6.45, 7) is 0. The average Bonchev–Trinajstić information content (AvgIpc) is 2.47. The molecule has 0 fully saturated rings. The number of benzene rings is 3. The fourth-order valence-electron chi connectivity index (χ4n) is 2.05. The van der Waals surface area contributed by atoms with E-state index in [4.69, 9.17) is 16.3 Å². The van der Waals surface area contributed by atoms with E-state index in [1.807, 2.05) is 30.3 Å². The summed E-state index contributed by atoms with van der Waals surface area (Å²) in [4.78, 5) is 12.1. The highest BCUT2D eigenvalue weighted by Crippen LogP contribution is 2.23. The van der Waals surface area contributed by atoms with Crippen LogP contribution in [0, 0.1) is 5.82 Å². The van der Waals surface area contributed by atoms with Crippen molar-refractivity contribution in [2.45, 2.75) is 0 Å². The van der Waals surface area contributed by atoms with Gasteiger partial charge in [-0.1, -0.05) is 41.9 Å². The first kappa shape index (κ1) is 13.6. The van der Waals surface area contributed by atoms with Crippen molar-refractivity contribution in [2.24, 2.45) is 0 Å². The topological polar surface area (TPSA) is 26.3 Å². The maximum Gasteiger partial charge on any atom is 0.345 e. The molecule has 3 rings (SSSR count). The van der Waals surface area contributed by atoms with E-state index >= 15 is 0 Å². The molecule has 2 nitrogen and oxygen atoms in total. The molecule has 0 radical (unpaired) electrons. The van der Waals surface area contributed by atoms with E-state index in [1.54, 1.807) is 12.1 Å². The van der Waals surface area contributed by atoms with E-state index in [-0.39, 0.29) is 10.6 Å². The number of carbonyl (C=O) groups excluding carboxylic acids is 1. The number of halogens is 2. The third-order valence-electron chi connectivity index (χ3n) is 3.08. The molecular weight excluding hydrogens is 291 g/mol. The summed E-state index contributed by atoms with van der Waals surface area (Å²) in [7, 11) is 0. The summed E-state index contributed by atoms with van der Waals surface area (Å²) in [6.07, 6.45) is 0. The van der Waals surface area contributed by atoms with Gasteiger partial charge in [0.05, 0.1) is 10.6 Å². The van der Waals surface area contributed by atoms with Crippen LogP contribution in [0.3, 0.4) is 0 Å². The number of hydrogen-bond donors (Lipinski definition) is 0. The van der Waals surface area contributed by atoms with Gasteiger partial charge in [0.2, 0.25) is 0 Å². The second-order valence-corrected chi connectivity index (χ2v) is 4.93. The van der Waals surface area contributed by atoms with Crippen molar-refractivity contribution in [1.29, 1.82) is 0 Å². The van der Waals surface area contributed by atoms with E-state index in [2.05, 4.69) is 0 Å². The Balaban J connectivity index is 1.89. The summed E-state index contributed by atoms with van der Waals surface area (Å²) in [5, 5.41) is 2.05. The maximum atomic E-state index is 13.0. The van der Waals surface area contributed by atoms with Gasteiger partial charge >= 0.3 is 5.97 Å². The minimum atomic E-state index is -0.615. The Morgan fingerprint density at radius 1 is 0.952 bits per heavy atom. The lowest BCUT2D eigenvalue weighted by Crippen LogP contribution is -2.09. The summed E-state index contributed by atoms with van der Waals surface area (Å²) < 4.78 is 18.3. The SMILES string of the molecule is O=C(Oc1ccc2ccccc2c1)c1ccc(F)cc1Cl. The molecule has 0 aromatic heterocycles. The van der Waals surface area contributed by atoms with Crippen LogP contribution in [0.25, 0.3) is 10.8 Å². The third-order valence-corrected chi connectivity index (χ3v) is 3.40. The molecule has 0 aliphatic rings. The molecule has 0 heterocycles. The van der Waals surface area contributed by atoms with Gasteiger partial charge in [-0.25, -0.2) is 9.18 Å². The van der Waals surface area contributed by atoms with Crippen molar-refractivity contribution in [3.8, 4) is 5.75 Å². The van der Waals surface area contributed by atoms with Crippen LogP contribution in [-0.4, -0.2) is 5.97 Å². The molecule has 0 atom stereocenters. The van der Waals surface area contributed by atoms with Crippen LogP contribution in [0.15, 0.2) is 60.7 Å². The Morgan fingerprint density at radius 2 is 1.71 bits per heavy atom. The number of fused-ring (bicyclic) bond motifs is 1. The van der Waals surface area contributed by atoms with Crippen LogP contribution < -0.4 is 4.74 Å². The molecular formula is C17H10ClFO2. The zero-order valence-electron chi connectivity index (χ0n) is 10.8. The maximum absolute atomic E-state index is 13.0. The molecule has 0 aliphatic carbocycles. The Morgan fingerprint density at radius 3 is 2.48 bits per heavy atom. The van der Waals surface area contributed by atoms with Gasteiger partial charge in [0, 0.05) is 0 Å². The van der Waals surface area contributed by atoms with Crippen LogP contribution in [0.5, 0.6) is 5.75 Å². The van der Waals surface area contributed by atoms with Crippen LogP contribution in [-0.2, 0) is 0 Å². The highest BCUT2D eigenvalue weighted by Gasteiger charge is 2.13. The van der Waals surface area contributed by atoms with Gasteiger partial charge in [-0.2, -0.15) is 0 Å². The molecule has 0 saturated heterocycles. The molecule has 0 saturated carbocycles. The number of esters is 1. The van der Waals surface area contributed by atoms with E-state index < -0.39 is 11.8 Å². The van der Waals surface area contributed by atoms with E-state index in [9.17, 15) is 9.18 Å². The molecule has 3 aromatic carbocycles. The van der Waals surface area contributed by atoms with Crippen molar-refractivity contribution < 1.29 is 13.9 Å². The quantitative estimate of drug-likeness (QED) is 0.499. The smallest absolute Gasteiger partial charge is 0.345 e. The van der Waals surface area contributed by atoms with Crippen LogP contribution in [0.2, 0.25) is 5.02 Å². The fourth-order valence-corrected chi connectivity index (χ4v) is 2.29. The van der Waals surface area contributed by atoms with Gasteiger partial charge in [0.1, 0.15) is 11.6 Å². The Labute approximate surface area is 125 Å². The van der Waals surface area contributed by atoms with Gasteiger partial charge in [-0.05, 0) is 41.1 Å². The van der Waals surface area contributed by atoms with Gasteiger partial charge in [-0.3, -0.25) is 0 Å².